The van der Waals surface area contributed by atoms with E-state index in [2.05, 4.69) is 6.92 Å². The van der Waals surface area contributed by atoms with Crippen LogP contribution in [-0.2, 0) is 17.8 Å². The zero-order chi connectivity index (χ0) is 19.1. The summed E-state index contributed by atoms with van der Waals surface area (Å²) in [7, 11) is 3.09. The molecule has 7 nitrogen and oxygen atoms in total. The summed E-state index contributed by atoms with van der Waals surface area (Å²) < 4.78 is 10.3. The highest BCUT2D eigenvalue weighted by molar-refractivity contribution is 5.77. The molecule has 0 aliphatic carbocycles. The van der Waals surface area contributed by atoms with Crippen LogP contribution < -0.4 is 9.47 Å². The van der Waals surface area contributed by atoms with Gasteiger partial charge in [0.1, 0.15) is 5.75 Å². The number of hydrogen-bond donors (Lipinski definition) is 0. The van der Waals surface area contributed by atoms with Crippen LogP contribution in [0, 0.1) is 10.1 Å². The van der Waals surface area contributed by atoms with E-state index < -0.39 is 4.92 Å². The number of nitro groups is 1. The number of carbonyl (C=O) groups is 1. The molecule has 0 fully saturated rings. The van der Waals surface area contributed by atoms with E-state index in [1.54, 1.807) is 13.1 Å². The van der Waals surface area contributed by atoms with Crippen molar-refractivity contribution in [3.8, 4) is 11.5 Å². The fraction of sp³-hybridized carbons (Fsp3) is 0.316. The van der Waals surface area contributed by atoms with Gasteiger partial charge in [0.25, 0.3) is 5.91 Å². The molecule has 0 saturated heterocycles. The Kier molecular flexibility index (Phi) is 6.54. The molecule has 0 radical (unpaired) electrons. The van der Waals surface area contributed by atoms with E-state index in [9.17, 15) is 14.9 Å². The van der Waals surface area contributed by atoms with Crippen molar-refractivity contribution >= 4 is 11.6 Å². The summed E-state index contributed by atoms with van der Waals surface area (Å²) in [6.07, 6.45) is 0.962. The number of rotatable bonds is 8. The molecule has 0 saturated carbocycles. The molecule has 1 amide bonds. The number of aryl methyl sites for hydroxylation is 1. The van der Waals surface area contributed by atoms with E-state index >= 15 is 0 Å². The van der Waals surface area contributed by atoms with Gasteiger partial charge in [-0.15, -0.1) is 0 Å². The maximum absolute atomic E-state index is 12.3. The molecule has 2 aromatic carbocycles. The van der Waals surface area contributed by atoms with Gasteiger partial charge < -0.3 is 14.4 Å². The zero-order valence-electron chi connectivity index (χ0n) is 15.1. The lowest BCUT2D eigenvalue weighted by Crippen LogP contribution is -2.31. The monoisotopic (exact) mass is 358 g/mol. The van der Waals surface area contributed by atoms with Crippen LogP contribution in [0.3, 0.4) is 0 Å². The van der Waals surface area contributed by atoms with Crippen LogP contribution in [0.1, 0.15) is 18.1 Å². The van der Waals surface area contributed by atoms with Crippen molar-refractivity contribution in [2.24, 2.45) is 0 Å². The topological polar surface area (TPSA) is 81.9 Å². The molecular weight excluding hydrogens is 336 g/mol. The SMILES string of the molecule is CCc1ccc(CN(C)C(=O)COc2ccc(OC)cc2[N+](=O)[O-])cc1. The summed E-state index contributed by atoms with van der Waals surface area (Å²) in [4.78, 5) is 24.3. The first-order valence-corrected chi connectivity index (χ1v) is 8.21. The molecule has 2 rings (SSSR count). The Morgan fingerprint density at radius 3 is 2.38 bits per heavy atom. The highest BCUT2D eigenvalue weighted by atomic mass is 16.6. The first-order chi connectivity index (χ1) is 12.4. The van der Waals surface area contributed by atoms with Gasteiger partial charge in [0.15, 0.2) is 12.4 Å². The average Bonchev–Trinajstić information content (AvgIpc) is 2.66. The van der Waals surface area contributed by atoms with Crippen molar-refractivity contribution in [3.63, 3.8) is 0 Å². The first kappa shape index (κ1) is 19.2. The number of methoxy groups -OCH3 is 1. The Labute approximate surface area is 152 Å². The van der Waals surface area contributed by atoms with Crippen LogP contribution in [0.5, 0.6) is 11.5 Å². The van der Waals surface area contributed by atoms with Gasteiger partial charge in [-0.2, -0.15) is 0 Å². The minimum atomic E-state index is -0.568. The molecule has 0 spiro atoms. The molecule has 2 aromatic rings. The Morgan fingerprint density at radius 1 is 1.15 bits per heavy atom. The minimum Gasteiger partial charge on any atom is -0.496 e. The standard InChI is InChI=1S/C19H22N2O5/c1-4-14-5-7-15(8-6-14)12-20(2)19(22)13-26-18-10-9-16(25-3)11-17(18)21(23)24/h5-11H,4,12-13H2,1-3H3. The lowest BCUT2D eigenvalue weighted by molar-refractivity contribution is -0.385. The van der Waals surface area contributed by atoms with Crippen LogP contribution in [-0.4, -0.2) is 36.5 Å². The van der Waals surface area contributed by atoms with E-state index in [0.29, 0.717) is 12.3 Å². The van der Waals surface area contributed by atoms with Crippen molar-refractivity contribution in [1.82, 2.24) is 4.90 Å². The van der Waals surface area contributed by atoms with Gasteiger partial charge in [-0.25, -0.2) is 0 Å². The number of hydrogen-bond acceptors (Lipinski definition) is 5. The van der Waals surface area contributed by atoms with Crippen molar-refractivity contribution in [2.45, 2.75) is 19.9 Å². The molecule has 0 heterocycles. The molecule has 138 valence electrons. The fourth-order valence-corrected chi connectivity index (χ4v) is 2.38. The maximum atomic E-state index is 12.3. The van der Waals surface area contributed by atoms with Crippen molar-refractivity contribution in [1.29, 1.82) is 0 Å². The van der Waals surface area contributed by atoms with Crippen LogP contribution in [0.4, 0.5) is 5.69 Å². The van der Waals surface area contributed by atoms with E-state index in [1.807, 2.05) is 24.3 Å². The smallest absolute Gasteiger partial charge is 0.314 e. The van der Waals surface area contributed by atoms with Crippen molar-refractivity contribution in [2.75, 3.05) is 20.8 Å². The lowest BCUT2D eigenvalue weighted by atomic mass is 10.1. The number of nitro benzene ring substituents is 1. The molecule has 0 aliphatic rings. The Hall–Kier alpha value is -3.09. The second-order valence-corrected chi connectivity index (χ2v) is 5.80. The summed E-state index contributed by atoms with van der Waals surface area (Å²) >= 11 is 0. The van der Waals surface area contributed by atoms with Gasteiger partial charge in [-0.3, -0.25) is 14.9 Å². The van der Waals surface area contributed by atoms with Crippen LogP contribution in [0.2, 0.25) is 0 Å². The number of benzene rings is 2. The number of likely N-dealkylation sites (N-methyl/N-ethyl adjacent to an activating group) is 1. The van der Waals surface area contributed by atoms with Crippen molar-refractivity contribution < 1.29 is 19.2 Å². The molecule has 0 unspecified atom stereocenters. The maximum Gasteiger partial charge on any atom is 0.314 e. The second-order valence-electron chi connectivity index (χ2n) is 5.80. The van der Waals surface area contributed by atoms with Gasteiger partial charge in [0, 0.05) is 13.6 Å². The molecule has 0 atom stereocenters. The summed E-state index contributed by atoms with van der Waals surface area (Å²) in [5, 5.41) is 11.1. The number of ether oxygens (including phenoxy) is 2. The summed E-state index contributed by atoms with van der Waals surface area (Å²) in [6, 6.07) is 12.3. The van der Waals surface area contributed by atoms with Crippen LogP contribution >= 0.6 is 0 Å². The lowest BCUT2D eigenvalue weighted by Gasteiger charge is -2.18. The Bertz CT molecular complexity index is 774. The molecule has 0 N–H and O–H groups in total. The van der Waals surface area contributed by atoms with E-state index in [4.69, 9.17) is 9.47 Å². The van der Waals surface area contributed by atoms with E-state index in [1.165, 1.54) is 29.7 Å². The third-order valence-corrected chi connectivity index (χ3v) is 3.99. The largest absolute Gasteiger partial charge is 0.496 e. The summed E-state index contributed by atoms with van der Waals surface area (Å²) in [5.74, 6) is 0.113. The highest BCUT2D eigenvalue weighted by Crippen LogP contribution is 2.31. The van der Waals surface area contributed by atoms with Gasteiger partial charge in [0.2, 0.25) is 0 Å². The van der Waals surface area contributed by atoms with E-state index in [-0.39, 0.29) is 24.0 Å². The molecule has 7 heteroatoms. The third kappa shape index (κ3) is 4.95. The van der Waals surface area contributed by atoms with Crippen LogP contribution in [0.25, 0.3) is 0 Å². The molecule has 0 aliphatic heterocycles. The number of amides is 1. The molecule has 0 aromatic heterocycles. The predicted octanol–water partition coefficient (Wildman–Crippen LogP) is 3.20. The fourth-order valence-electron chi connectivity index (χ4n) is 2.38. The quantitative estimate of drug-likeness (QED) is 0.535. The van der Waals surface area contributed by atoms with E-state index in [0.717, 1.165) is 12.0 Å². The normalized spacial score (nSPS) is 10.3. The van der Waals surface area contributed by atoms with Gasteiger partial charge in [-0.05, 0) is 29.7 Å². The Morgan fingerprint density at radius 2 is 1.81 bits per heavy atom. The Balaban J connectivity index is 1.97. The summed E-state index contributed by atoms with van der Waals surface area (Å²) in [6.45, 7) is 2.24. The van der Waals surface area contributed by atoms with Crippen LogP contribution in [0.15, 0.2) is 42.5 Å². The van der Waals surface area contributed by atoms with Gasteiger partial charge >= 0.3 is 5.69 Å². The molecular formula is C19H22N2O5. The van der Waals surface area contributed by atoms with Crippen molar-refractivity contribution in [3.05, 3.63) is 63.7 Å². The minimum absolute atomic E-state index is 0.0323. The average molecular weight is 358 g/mol. The van der Waals surface area contributed by atoms with Gasteiger partial charge in [0.05, 0.1) is 18.1 Å². The first-order valence-electron chi connectivity index (χ1n) is 8.21. The molecule has 26 heavy (non-hydrogen) atoms. The second kappa shape index (κ2) is 8.84. The highest BCUT2D eigenvalue weighted by Gasteiger charge is 2.18. The zero-order valence-corrected chi connectivity index (χ0v) is 15.1. The third-order valence-electron chi connectivity index (χ3n) is 3.99. The predicted molar refractivity (Wildman–Crippen MR) is 97.4 cm³/mol. The summed E-state index contributed by atoms with van der Waals surface area (Å²) in [5.41, 5.74) is 2.00. The number of nitrogens with zero attached hydrogens (tertiary/aromatic N) is 2. The van der Waals surface area contributed by atoms with Gasteiger partial charge in [-0.1, -0.05) is 31.2 Å². The molecule has 0 bridgehead atoms. The number of carbonyl (C=O) groups excluding carboxylic acids is 1.